The first-order chi connectivity index (χ1) is 28.9. The van der Waals surface area contributed by atoms with Crippen molar-refractivity contribution in [3.63, 3.8) is 0 Å². The number of aryl methyl sites for hydroxylation is 3. The third-order valence-electron chi connectivity index (χ3n) is 10.9. The van der Waals surface area contributed by atoms with Crippen molar-refractivity contribution < 1.29 is 68.1 Å². The predicted octanol–water partition coefficient (Wildman–Crippen LogP) is 9.11. The summed E-state index contributed by atoms with van der Waals surface area (Å²) < 4.78 is 128. The molecule has 0 atom stereocenters. The third kappa shape index (κ3) is 10.4. The second-order valence-corrected chi connectivity index (χ2v) is 20.2. The quantitative estimate of drug-likeness (QED) is 0.129. The fourth-order valence-electron chi connectivity index (χ4n) is 8.13. The van der Waals surface area contributed by atoms with E-state index >= 15 is 0 Å². The number of alkyl halides is 7. The number of carbonyl (C=O) groups excluding carboxylic acids is 3. The van der Waals surface area contributed by atoms with Crippen molar-refractivity contribution in [3.8, 4) is 0 Å². The van der Waals surface area contributed by atoms with Crippen LogP contribution < -0.4 is 16.0 Å². The van der Waals surface area contributed by atoms with E-state index in [4.69, 9.17) is 21.1 Å². The zero-order valence-electron chi connectivity index (χ0n) is 34.7. The molecule has 0 aromatic heterocycles. The molecule has 0 unspecified atom stereocenters. The molecule has 2 aliphatic heterocycles. The Morgan fingerprint density at radius 1 is 0.873 bits per heavy atom. The van der Waals surface area contributed by atoms with Crippen LogP contribution in [0.1, 0.15) is 88.1 Å². The zero-order chi connectivity index (χ0) is 47.3. The van der Waals surface area contributed by atoms with E-state index in [2.05, 4.69) is 16.0 Å². The summed E-state index contributed by atoms with van der Waals surface area (Å²) in [7, 11) is -3.49. The van der Waals surface area contributed by atoms with E-state index in [0.29, 0.717) is 65.2 Å². The van der Waals surface area contributed by atoms with Gasteiger partial charge in [0, 0.05) is 44.5 Å². The van der Waals surface area contributed by atoms with E-state index < -0.39 is 67.9 Å². The van der Waals surface area contributed by atoms with Crippen molar-refractivity contribution in [2.24, 2.45) is 0 Å². The van der Waals surface area contributed by atoms with Crippen molar-refractivity contribution in [3.05, 3.63) is 102 Å². The van der Waals surface area contributed by atoms with Crippen LogP contribution in [-0.2, 0) is 29.8 Å². The fourth-order valence-corrected chi connectivity index (χ4v) is 10.6. The minimum absolute atomic E-state index is 0.138. The van der Waals surface area contributed by atoms with Crippen molar-refractivity contribution in [2.75, 3.05) is 30.5 Å². The minimum Gasteiger partial charge on any atom is -0.509 e. The molecular formula is C42H44ClF7IN3O8S. The highest BCUT2D eigenvalue weighted by molar-refractivity contribution is 14.1. The molecule has 2 fully saturated rings. The van der Waals surface area contributed by atoms with Crippen molar-refractivity contribution >= 4 is 73.0 Å². The Hall–Kier alpha value is -3.99. The number of rotatable bonds is 8. The molecule has 2 heterocycles. The number of halogens is 9. The van der Waals surface area contributed by atoms with Gasteiger partial charge in [0.15, 0.2) is 5.79 Å². The molecule has 2 spiro atoms. The standard InChI is InChI=1S/C23H22F7IN2O4S.C19H22ClNO4/c1-12-10-13(21(24,22(25,26)27)23(28,29)30)8-9-16(12)32-18(34)14-6-5-7-15(31)17(14)19(35)33-20(2,3)11-38(4,36)37;1-11-9-13(20)10-12(2)14(11)15-16(22)18(21-17(15)23)3-5-19(6-4-18)24-7-8-25-19/h5-10H,11H2,1-4H3,(H,32,34)(H,33,35);9-10,22H,3-8H2,1-2H3,(H,21,23). The predicted molar refractivity (Wildman–Crippen MR) is 229 cm³/mol. The molecule has 1 saturated heterocycles. The van der Waals surface area contributed by atoms with Crippen LogP contribution in [-0.4, -0.2) is 85.7 Å². The molecule has 3 amide bonds. The van der Waals surface area contributed by atoms with E-state index in [0.717, 1.165) is 29.9 Å². The number of benzene rings is 3. The van der Waals surface area contributed by atoms with Gasteiger partial charge in [-0.2, -0.15) is 26.3 Å². The van der Waals surface area contributed by atoms with Gasteiger partial charge >= 0.3 is 18.0 Å². The maximum absolute atomic E-state index is 14.4. The van der Waals surface area contributed by atoms with Gasteiger partial charge in [0.1, 0.15) is 15.6 Å². The van der Waals surface area contributed by atoms with E-state index in [1.807, 2.05) is 26.0 Å². The fraction of sp³-hybridized carbons (Fsp3) is 0.452. The second kappa shape index (κ2) is 17.8. The van der Waals surface area contributed by atoms with Gasteiger partial charge in [-0.1, -0.05) is 29.8 Å². The van der Waals surface area contributed by atoms with Gasteiger partial charge in [-0.05, 0) is 123 Å². The molecule has 0 radical (unpaired) electrons. The molecule has 3 aromatic carbocycles. The summed E-state index contributed by atoms with van der Waals surface area (Å²) in [5.41, 5.74) is -7.27. The highest BCUT2D eigenvalue weighted by atomic mass is 127. The molecular weight excluding hydrogens is 1000 g/mol. The summed E-state index contributed by atoms with van der Waals surface area (Å²) in [5.74, 6) is -2.77. The number of anilines is 1. The smallest absolute Gasteiger partial charge is 0.435 e. The van der Waals surface area contributed by atoms with Gasteiger partial charge < -0.3 is 30.5 Å². The molecule has 63 heavy (non-hydrogen) atoms. The van der Waals surface area contributed by atoms with Gasteiger partial charge in [-0.25, -0.2) is 12.8 Å². The Morgan fingerprint density at radius 2 is 1.43 bits per heavy atom. The Bertz CT molecular complexity index is 2420. The lowest BCUT2D eigenvalue weighted by atomic mass is 9.77. The summed E-state index contributed by atoms with van der Waals surface area (Å²) in [5, 5.41) is 19.5. The molecule has 3 aliphatic rings. The summed E-state index contributed by atoms with van der Waals surface area (Å²) in [6.07, 6.45) is -9.10. The Kier molecular flexibility index (Phi) is 14.1. The minimum atomic E-state index is -6.30. The number of amides is 3. The van der Waals surface area contributed by atoms with Crippen LogP contribution in [0.15, 0.2) is 54.3 Å². The van der Waals surface area contributed by atoms with Crippen molar-refractivity contribution in [1.29, 1.82) is 0 Å². The first-order valence-electron chi connectivity index (χ1n) is 19.2. The SMILES string of the molecule is Cc1cc(C(F)(C(F)(F)F)C(F)(F)F)ccc1NC(=O)c1cccc(I)c1C(=O)NC(C)(C)CS(C)(=O)=O.Cc1cc(Cl)cc(C)c1C1=C(O)C2(CCC3(CC2)OCCO3)NC1=O. The number of carbonyl (C=O) groups is 3. The van der Waals surface area contributed by atoms with Crippen LogP contribution in [0.2, 0.25) is 5.02 Å². The number of ether oxygens (including phenoxy) is 2. The molecule has 1 aliphatic carbocycles. The van der Waals surface area contributed by atoms with Crippen LogP contribution >= 0.6 is 34.2 Å². The molecule has 4 N–H and O–H groups in total. The average molecular weight is 1050 g/mol. The highest BCUT2D eigenvalue weighted by Gasteiger charge is 2.73. The van der Waals surface area contributed by atoms with Gasteiger partial charge in [0.2, 0.25) is 0 Å². The first kappa shape index (κ1) is 50.0. The number of nitrogens with one attached hydrogen (secondary N) is 3. The van der Waals surface area contributed by atoms with Crippen molar-refractivity contribution in [1.82, 2.24) is 10.6 Å². The molecule has 21 heteroatoms. The number of aliphatic hydroxyl groups excluding tert-OH is 1. The van der Waals surface area contributed by atoms with Crippen LogP contribution in [0, 0.1) is 24.3 Å². The number of hydrogen-bond acceptors (Lipinski definition) is 8. The largest absolute Gasteiger partial charge is 0.509 e. The van der Waals surface area contributed by atoms with Gasteiger partial charge in [-0.15, -0.1) is 0 Å². The molecule has 6 rings (SSSR count). The summed E-state index contributed by atoms with van der Waals surface area (Å²) in [4.78, 5) is 38.8. The molecule has 3 aromatic rings. The van der Waals surface area contributed by atoms with Gasteiger partial charge in [0.05, 0.1) is 41.2 Å². The lowest BCUT2D eigenvalue weighted by Crippen LogP contribution is -2.51. The Morgan fingerprint density at radius 3 is 1.94 bits per heavy atom. The van der Waals surface area contributed by atoms with Gasteiger partial charge in [0.25, 0.3) is 17.7 Å². The lowest BCUT2D eigenvalue weighted by molar-refractivity contribution is -0.348. The normalized spacial score (nSPS) is 17.7. The monoisotopic (exact) mass is 1050 g/mol. The van der Waals surface area contributed by atoms with Crippen molar-refractivity contribution in [2.45, 2.75) is 95.2 Å². The summed E-state index contributed by atoms with van der Waals surface area (Å²) in [6, 6.07) is 9.08. The lowest BCUT2D eigenvalue weighted by Gasteiger charge is -2.41. The second-order valence-electron chi connectivity index (χ2n) is 16.5. The topological polar surface area (TPSA) is 160 Å². The molecule has 11 nitrogen and oxygen atoms in total. The van der Waals surface area contributed by atoms with Crippen LogP contribution in [0.3, 0.4) is 0 Å². The maximum atomic E-state index is 14.4. The van der Waals surface area contributed by atoms with E-state index in [1.54, 1.807) is 22.6 Å². The Balaban J connectivity index is 0.000000256. The number of hydrogen-bond donors (Lipinski definition) is 4. The van der Waals surface area contributed by atoms with Crippen LogP contribution in [0.25, 0.3) is 5.57 Å². The summed E-state index contributed by atoms with van der Waals surface area (Å²) in [6.45, 7) is 9.01. The first-order valence-corrected chi connectivity index (χ1v) is 22.7. The summed E-state index contributed by atoms with van der Waals surface area (Å²) >= 11 is 7.87. The maximum Gasteiger partial charge on any atom is 0.435 e. The number of aliphatic hydroxyl groups is 1. The molecule has 344 valence electrons. The highest BCUT2D eigenvalue weighted by Crippen LogP contribution is 2.54. The van der Waals surface area contributed by atoms with Gasteiger partial charge in [-0.3, -0.25) is 14.4 Å². The zero-order valence-corrected chi connectivity index (χ0v) is 38.4. The van der Waals surface area contributed by atoms with Crippen LogP contribution in [0.4, 0.5) is 36.4 Å². The number of sulfone groups is 1. The third-order valence-corrected chi connectivity index (χ3v) is 13.3. The Labute approximate surface area is 377 Å². The van der Waals surface area contributed by atoms with E-state index in [-0.39, 0.29) is 40.1 Å². The van der Waals surface area contributed by atoms with E-state index in [1.165, 1.54) is 32.0 Å². The van der Waals surface area contributed by atoms with Crippen LogP contribution in [0.5, 0.6) is 0 Å². The average Bonchev–Trinajstić information content (AvgIpc) is 3.69. The van der Waals surface area contributed by atoms with E-state index in [9.17, 15) is 58.6 Å². The molecule has 0 bridgehead atoms. The molecule has 1 saturated carbocycles.